The van der Waals surface area contributed by atoms with Gasteiger partial charge in [0.1, 0.15) is 5.69 Å². The monoisotopic (exact) mass is 502 g/mol. The minimum absolute atomic E-state index is 0. The standard InChI is InChI=1S/C19H30N6O2.HI/c1-4-20-19(22-11-7-13-26-14-15(2)3)23-12-9-17-24-18(27-25-17)16-8-5-6-10-21-16;/h5-6,8,10,15H,4,7,9,11-14H2,1-3H3,(H2,20,22,23);1H. The Kier molecular flexibility index (Phi) is 12.4. The van der Waals surface area contributed by atoms with Gasteiger partial charge in [0.05, 0.1) is 0 Å². The molecule has 28 heavy (non-hydrogen) atoms. The largest absolute Gasteiger partial charge is 0.381 e. The fraction of sp³-hybridized carbons (Fsp3) is 0.579. The third-order valence-electron chi connectivity index (χ3n) is 3.51. The van der Waals surface area contributed by atoms with Crippen molar-refractivity contribution < 1.29 is 9.26 Å². The molecule has 0 aliphatic heterocycles. The van der Waals surface area contributed by atoms with Gasteiger partial charge in [-0.25, -0.2) is 0 Å². The van der Waals surface area contributed by atoms with Gasteiger partial charge < -0.3 is 19.9 Å². The van der Waals surface area contributed by atoms with Gasteiger partial charge in [-0.1, -0.05) is 25.1 Å². The smallest absolute Gasteiger partial charge is 0.276 e. The maximum absolute atomic E-state index is 5.57. The molecule has 0 amide bonds. The van der Waals surface area contributed by atoms with Crippen LogP contribution in [0.5, 0.6) is 0 Å². The molecular formula is C19H31IN6O2. The average molecular weight is 502 g/mol. The number of ether oxygens (including phenoxy) is 1. The fourth-order valence-corrected chi connectivity index (χ4v) is 2.26. The van der Waals surface area contributed by atoms with Crippen molar-refractivity contribution in [3.63, 3.8) is 0 Å². The fourth-order valence-electron chi connectivity index (χ4n) is 2.26. The summed E-state index contributed by atoms with van der Waals surface area (Å²) in [6, 6.07) is 5.58. The Morgan fingerprint density at radius 1 is 1.29 bits per heavy atom. The van der Waals surface area contributed by atoms with Crippen LogP contribution in [0.2, 0.25) is 0 Å². The molecule has 2 N–H and O–H groups in total. The summed E-state index contributed by atoms with van der Waals surface area (Å²) < 4.78 is 10.8. The second-order valence-corrected chi connectivity index (χ2v) is 6.49. The summed E-state index contributed by atoms with van der Waals surface area (Å²) in [4.78, 5) is 13.1. The summed E-state index contributed by atoms with van der Waals surface area (Å²) in [5.74, 6) is 2.43. The second-order valence-electron chi connectivity index (χ2n) is 6.49. The lowest BCUT2D eigenvalue weighted by atomic mass is 10.2. The van der Waals surface area contributed by atoms with Crippen LogP contribution in [0.15, 0.2) is 33.9 Å². The van der Waals surface area contributed by atoms with E-state index in [1.165, 1.54) is 0 Å². The first-order chi connectivity index (χ1) is 13.2. The maximum atomic E-state index is 5.57. The summed E-state index contributed by atoms with van der Waals surface area (Å²) in [5.41, 5.74) is 0.679. The molecule has 2 aromatic rings. The number of aliphatic imine (C=N–C) groups is 1. The Morgan fingerprint density at radius 3 is 2.86 bits per heavy atom. The van der Waals surface area contributed by atoms with Crippen LogP contribution in [0.4, 0.5) is 0 Å². The van der Waals surface area contributed by atoms with E-state index in [4.69, 9.17) is 9.26 Å². The summed E-state index contributed by atoms with van der Waals surface area (Å²) in [6.07, 6.45) is 3.24. The number of hydrogen-bond acceptors (Lipinski definition) is 6. The molecule has 156 valence electrons. The van der Waals surface area contributed by atoms with Crippen LogP contribution in [0.3, 0.4) is 0 Å². The highest BCUT2D eigenvalue weighted by Crippen LogP contribution is 2.13. The minimum atomic E-state index is 0. The number of nitrogens with one attached hydrogen (secondary N) is 2. The lowest BCUT2D eigenvalue weighted by Gasteiger charge is -2.10. The lowest BCUT2D eigenvalue weighted by Crippen LogP contribution is -2.38. The van der Waals surface area contributed by atoms with Gasteiger partial charge in [0.2, 0.25) is 0 Å². The molecule has 9 heteroatoms. The van der Waals surface area contributed by atoms with Gasteiger partial charge in [0, 0.05) is 45.5 Å². The topological polar surface area (TPSA) is 97.5 Å². The summed E-state index contributed by atoms with van der Waals surface area (Å²) >= 11 is 0. The Bertz CT molecular complexity index is 678. The zero-order chi connectivity index (χ0) is 19.3. The number of hydrogen-bond donors (Lipinski definition) is 2. The van der Waals surface area contributed by atoms with Crippen molar-refractivity contribution in [3.05, 3.63) is 30.2 Å². The van der Waals surface area contributed by atoms with Crippen LogP contribution in [-0.4, -0.2) is 53.9 Å². The minimum Gasteiger partial charge on any atom is -0.381 e. The van der Waals surface area contributed by atoms with Gasteiger partial charge in [0.25, 0.3) is 5.89 Å². The number of halogens is 1. The Hall–Kier alpha value is -1.75. The number of pyridine rings is 1. The van der Waals surface area contributed by atoms with E-state index in [9.17, 15) is 0 Å². The molecule has 0 saturated heterocycles. The first kappa shape index (κ1) is 24.3. The average Bonchev–Trinajstić information content (AvgIpc) is 3.14. The molecule has 2 rings (SSSR count). The Balaban J connectivity index is 0.00000392. The molecule has 0 saturated carbocycles. The summed E-state index contributed by atoms with van der Waals surface area (Å²) in [5, 5.41) is 10.5. The van der Waals surface area contributed by atoms with Crippen LogP contribution < -0.4 is 10.6 Å². The van der Waals surface area contributed by atoms with Crippen LogP contribution in [0, 0.1) is 5.92 Å². The molecule has 0 atom stereocenters. The molecule has 2 aromatic heterocycles. The van der Waals surface area contributed by atoms with E-state index in [1.807, 2.05) is 25.1 Å². The van der Waals surface area contributed by atoms with E-state index >= 15 is 0 Å². The molecule has 0 aliphatic rings. The van der Waals surface area contributed by atoms with Crippen LogP contribution in [0.25, 0.3) is 11.6 Å². The van der Waals surface area contributed by atoms with Crippen molar-refractivity contribution in [3.8, 4) is 11.6 Å². The zero-order valence-electron chi connectivity index (χ0n) is 16.9. The number of rotatable bonds is 11. The third-order valence-corrected chi connectivity index (χ3v) is 3.51. The molecular weight excluding hydrogens is 471 g/mol. The highest BCUT2D eigenvalue weighted by molar-refractivity contribution is 14.0. The predicted octanol–water partition coefficient (Wildman–Crippen LogP) is 2.91. The van der Waals surface area contributed by atoms with E-state index in [-0.39, 0.29) is 24.0 Å². The highest BCUT2D eigenvalue weighted by Gasteiger charge is 2.09. The van der Waals surface area contributed by atoms with Gasteiger partial charge >= 0.3 is 0 Å². The van der Waals surface area contributed by atoms with E-state index < -0.39 is 0 Å². The van der Waals surface area contributed by atoms with Crippen molar-refractivity contribution in [2.75, 3.05) is 32.8 Å². The first-order valence-electron chi connectivity index (χ1n) is 9.53. The molecule has 2 heterocycles. The molecule has 0 bridgehead atoms. The van der Waals surface area contributed by atoms with Crippen LogP contribution in [0.1, 0.15) is 33.0 Å². The molecule has 8 nitrogen and oxygen atoms in total. The number of guanidine groups is 1. The third kappa shape index (κ3) is 9.45. The Morgan fingerprint density at radius 2 is 2.14 bits per heavy atom. The predicted molar refractivity (Wildman–Crippen MR) is 121 cm³/mol. The molecule has 0 unspecified atom stereocenters. The normalized spacial score (nSPS) is 11.4. The summed E-state index contributed by atoms with van der Waals surface area (Å²) in [6.45, 7) is 10.1. The Labute approximate surface area is 184 Å². The number of aromatic nitrogens is 3. The molecule has 0 aliphatic carbocycles. The van der Waals surface area contributed by atoms with Gasteiger partial charge in [-0.15, -0.1) is 24.0 Å². The van der Waals surface area contributed by atoms with Gasteiger partial charge in [0.15, 0.2) is 11.8 Å². The molecule has 0 fully saturated rings. The lowest BCUT2D eigenvalue weighted by molar-refractivity contribution is 0.109. The molecule has 0 aromatic carbocycles. The van der Waals surface area contributed by atoms with Crippen molar-refractivity contribution in [2.24, 2.45) is 10.9 Å². The van der Waals surface area contributed by atoms with Crippen LogP contribution in [-0.2, 0) is 11.2 Å². The van der Waals surface area contributed by atoms with Gasteiger partial charge in [-0.05, 0) is 31.4 Å². The second kappa shape index (κ2) is 14.3. The van der Waals surface area contributed by atoms with Crippen molar-refractivity contribution in [1.29, 1.82) is 0 Å². The van der Waals surface area contributed by atoms with E-state index in [0.717, 1.165) is 38.7 Å². The SMILES string of the molecule is CCNC(=NCCCOCC(C)C)NCCc1noc(-c2ccccn2)n1.I. The van der Waals surface area contributed by atoms with Crippen molar-refractivity contribution >= 4 is 29.9 Å². The molecule has 0 spiro atoms. The number of nitrogens with zero attached hydrogens (tertiary/aromatic N) is 4. The van der Waals surface area contributed by atoms with Crippen LogP contribution >= 0.6 is 24.0 Å². The van der Waals surface area contributed by atoms with Gasteiger partial charge in [-0.2, -0.15) is 4.98 Å². The highest BCUT2D eigenvalue weighted by atomic mass is 127. The zero-order valence-corrected chi connectivity index (χ0v) is 19.2. The van der Waals surface area contributed by atoms with Crippen molar-refractivity contribution in [2.45, 2.75) is 33.6 Å². The summed E-state index contributed by atoms with van der Waals surface area (Å²) in [7, 11) is 0. The van der Waals surface area contributed by atoms with E-state index in [0.29, 0.717) is 36.3 Å². The quantitative estimate of drug-likeness (QED) is 0.211. The van der Waals surface area contributed by atoms with E-state index in [1.54, 1.807) is 6.20 Å². The van der Waals surface area contributed by atoms with Gasteiger partial charge in [-0.3, -0.25) is 9.98 Å². The van der Waals surface area contributed by atoms with E-state index in [2.05, 4.69) is 44.6 Å². The van der Waals surface area contributed by atoms with Crippen molar-refractivity contribution in [1.82, 2.24) is 25.8 Å². The first-order valence-corrected chi connectivity index (χ1v) is 9.53. The maximum Gasteiger partial charge on any atom is 0.276 e. The molecule has 0 radical (unpaired) electrons.